The number of rotatable bonds is 3. The molecule has 0 saturated carbocycles. The second-order valence-electron chi connectivity index (χ2n) is 3.80. The highest BCUT2D eigenvalue weighted by Gasteiger charge is 2.29. The molecule has 0 heterocycles. The molecule has 1 aliphatic carbocycles. The summed E-state index contributed by atoms with van der Waals surface area (Å²) >= 11 is 0. The van der Waals surface area contributed by atoms with E-state index < -0.39 is 0 Å². The van der Waals surface area contributed by atoms with E-state index in [1.165, 1.54) is 0 Å². The third-order valence-corrected chi connectivity index (χ3v) is 2.71. The van der Waals surface area contributed by atoms with Gasteiger partial charge in [-0.25, -0.2) is 0 Å². The SMILES string of the molecule is C=C1[CH+]C(OC)=C(C(=O)N(C)CC)C=C1C. The lowest BCUT2D eigenvalue weighted by atomic mass is 9.94. The van der Waals surface area contributed by atoms with Crippen LogP contribution in [0.2, 0.25) is 0 Å². The quantitative estimate of drug-likeness (QED) is 0.681. The van der Waals surface area contributed by atoms with E-state index in [4.69, 9.17) is 4.74 Å². The smallest absolute Gasteiger partial charge is 0.300 e. The first-order valence-electron chi connectivity index (χ1n) is 5.27. The van der Waals surface area contributed by atoms with Gasteiger partial charge < -0.3 is 9.64 Å². The number of nitrogens with zero attached hydrogens (tertiary/aromatic N) is 1. The molecule has 1 rings (SSSR count). The van der Waals surface area contributed by atoms with Crippen LogP contribution in [0, 0.1) is 6.42 Å². The molecule has 3 nitrogen and oxygen atoms in total. The standard InChI is InChI=1S/C13H18NO2/c1-6-14(4)13(15)11-7-9(2)10(3)8-12(11)16-5/h7-8H,3,6H2,1-2,4-5H3/q+1. The highest BCUT2D eigenvalue weighted by molar-refractivity contribution is 5.98. The summed E-state index contributed by atoms with van der Waals surface area (Å²) < 4.78 is 5.21. The molecular formula is C13H18NO2+. The van der Waals surface area contributed by atoms with E-state index in [1.807, 2.05) is 19.9 Å². The van der Waals surface area contributed by atoms with Gasteiger partial charge in [0, 0.05) is 25.2 Å². The van der Waals surface area contributed by atoms with Gasteiger partial charge in [0.2, 0.25) is 5.76 Å². The number of hydrogen-bond acceptors (Lipinski definition) is 2. The molecule has 86 valence electrons. The van der Waals surface area contributed by atoms with Crippen molar-refractivity contribution in [1.82, 2.24) is 4.90 Å². The summed E-state index contributed by atoms with van der Waals surface area (Å²) in [5, 5.41) is 0. The lowest BCUT2D eigenvalue weighted by molar-refractivity contribution is -0.125. The molecule has 0 atom stereocenters. The molecule has 0 saturated heterocycles. The highest BCUT2D eigenvalue weighted by atomic mass is 16.5. The molecule has 0 spiro atoms. The fourth-order valence-electron chi connectivity index (χ4n) is 1.42. The van der Waals surface area contributed by atoms with E-state index in [2.05, 4.69) is 6.58 Å². The number of likely N-dealkylation sites (N-methyl/N-ethyl adjacent to an activating group) is 1. The van der Waals surface area contributed by atoms with Crippen molar-refractivity contribution in [2.75, 3.05) is 20.7 Å². The summed E-state index contributed by atoms with van der Waals surface area (Å²) in [7, 11) is 3.34. The molecule has 1 aliphatic rings. The predicted octanol–water partition coefficient (Wildman–Crippen LogP) is 2.09. The lowest BCUT2D eigenvalue weighted by Gasteiger charge is -2.17. The number of ether oxygens (including phenoxy) is 1. The first kappa shape index (κ1) is 12.4. The molecule has 0 unspecified atom stereocenters. The molecule has 16 heavy (non-hydrogen) atoms. The van der Waals surface area contributed by atoms with E-state index in [0.717, 1.165) is 11.1 Å². The fraction of sp³-hybridized carbons (Fsp3) is 0.385. The Morgan fingerprint density at radius 2 is 2.25 bits per heavy atom. The Morgan fingerprint density at radius 3 is 2.75 bits per heavy atom. The number of carbonyl (C=O) groups is 1. The first-order chi connectivity index (χ1) is 7.51. The third-order valence-electron chi connectivity index (χ3n) is 2.71. The second kappa shape index (κ2) is 4.92. The topological polar surface area (TPSA) is 29.5 Å². The molecule has 0 aliphatic heterocycles. The molecule has 0 bridgehead atoms. The Morgan fingerprint density at radius 1 is 1.62 bits per heavy atom. The van der Waals surface area contributed by atoms with Crippen molar-refractivity contribution in [2.24, 2.45) is 0 Å². The molecule has 0 aromatic heterocycles. The van der Waals surface area contributed by atoms with Crippen molar-refractivity contribution in [2.45, 2.75) is 13.8 Å². The maximum atomic E-state index is 12.0. The fourth-order valence-corrected chi connectivity index (χ4v) is 1.42. The van der Waals surface area contributed by atoms with Crippen molar-refractivity contribution in [1.29, 1.82) is 0 Å². The Bertz CT molecular complexity index is 377. The summed E-state index contributed by atoms with van der Waals surface area (Å²) in [6.07, 6.45) is 3.63. The van der Waals surface area contributed by atoms with Gasteiger partial charge in [-0.3, -0.25) is 4.79 Å². The Balaban J connectivity index is 3.09. The van der Waals surface area contributed by atoms with Crippen LogP contribution < -0.4 is 0 Å². The average Bonchev–Trinajstić information content (AvgIpc) is 2.30. The summed E-state index contributed by atoms with van der Waals surface area (Å²) in [5.41, 5.74) is 2.47. The van der Waals surface area contributed by atoms with Gasteiger partial charge in [-0.05, 0) is 20.4 Å². The van der Waals surface area contributed by atoms with Crippen molar-refractivity contribution >= 4 is 5.91 Å². The van der Waals surface area contributed by atoms with Crippen LogP contribution in [0.4, 0.5) is 0 Å². The monoisotopic (exact) mass is 220 g/mol. The van der Waals surface area contributed by atoms with Gasteiger partial charge in [0.15, 0.2) is 5.57 Å². The van der Waals surface area contributed by atoms with Gasteiger partial charge in [0.05, 0.1) is 19.1 Å². The highest BCUT2D eigenvalue weighted by Crippen LogP contribution is 2.27. The molecule has 0 aromatic carbocycles. The third kappa shape index (κ3) is 2.30. The average molecular weight is 220 g/mol. The van der Waals surface area contributed by atoms with Gasteiger partial charge in [-0.2, -0.15) is 0 Å². The molecule has 0 radical (unpaired) electrons. The van der Waals surface area contributed by atoms with E-state index >= 15 is 0 Å². The number of methoxy groups -OCH3 is 1. The Hall–Kier alpha value is -1.64. The normalized spacial score (nSPS) is 15.5. The van der Waals surface area contributed by atoms with Crippen LogP contribution in [0.25, 0.3) is 0 Å². The second-order valence-corrected chi connectivity index (χ2v) is 3.80. The molecule has 3 heteroatoms. The summed E-state index contributed by atoms with van der Waals surface area (Å²) in [6, 6.07) is 0. The molecule has 0 aromatic rings. The molecule has 1 amide bonds. The molecule has 0 N–H and O–H groups in total. The largest absolute Gasteiger partial charge is 0.480 e. The van der Waals surface area contributed by atoms with Crippen LogP contribution >= 0.6 is 0 Å². The van der Waals surface area contributed by atoms with Crippen molar-refractivity contribution < 1.29 is 9.53 Å². The molecule has 0 fully saturated rings. The zero-order chi connectivity index (χ0) is 12.3. The van der Waals surface area contributed by atoms with E-state index in [-0.39, 0.29) is 5.91 Å². The predicted molar refractivity (Wildman–Crippen MR) is 64.5 cm³/mol. The number of allylic oxidation sites excluding steroid dienone is 2. The van der Waals surface area contributed by atoms with Gasteiger partial charge in [-0.1, -0.05) is 0 Å². The van der Waals surface area contributed by atoms with Crippen LogP contribution in [-0.2, 0) is 9.53 Å². The van der Waals surface area contributed by atoms with E-state index in [0.29, 0.717) is 17.9 Å². The van der Waals surface area contributed by atoms with Crippen molar-refractivity contribution in [3.05, 3.63) is 41.6 Å². The Kier molecular flexibility index (Phi) is 3.82. The zero-order valence-electron chi connectivity index (χ0n) is 10.3. The first-order valence-corrected chi connectivity index (χ1v) is 5.27. The van der Waals surface area contributed by atoms with Crippen LogP contribution in [0.3, 0.4) is 0 Å². The van der Waals surface area contributed by atoms with Crippen molar-refractivity contribution in [3.8, 4) is 0 Å². The minimum atomic E-state index is -0.0255. The van der Waals surface area contributed by atoms with Crippen LogP contribution in [0.1, 0.15) is 13.8 Å². The minimum Gasteiger partial charge on any atom is -0.480 e. The zero-order valence-corrected chi connectivity index (χ0v) is 10.3. The van der Waals surface area contributed by atoms with E-state index in [1.54, 1.807) is 25.5 Å². The van der Waals surface area contributed by atoms with Crippen molar-refractivity contribution in [3.63, 3.8) is 0 Å². The van der Waals surface area contributed by atoms with Gasteiger partial charge in [0.25, 0.3) is 5.91 Å². The van der Waals surface area contributed by atoms with Crippen LogP contribution in [-0.4, -0.2) is 31.5 Å². The van der Waals surface area contributed by atoms with Crippen LogP contribution in [0.5, 0.6) is 0 Å². The van der Waals surface area contributed by atoms with Gasteiger partial charge >= 0.3 is 0 Å². The maximum Gasteiger partial charge on any atom is 0.300 e. The summed E-state index contributed by atoms with van der Waals surface area (Å²) in [6.45, 7) is 8.44. The van der Waals surface area contributed by atoms with Gasteiger partial charge in [0.1, 0.15) is 0 Å². The lowest BCUT2D eigenvalue weighted by Crippen LogP contribution is -2.29. The number of amides is 1. The minimum absolute atomic E-state index is 0.0255. The maximum absolute atomic E-state index is 12.0. The Labute approximate surface area is 97.1 Å². The molecular weight excluding hydrogens is 202 g/mol. The van der Waals surface area contributed by atoms with Gasteiger partial charge in [-0.15, -0.1) is 0 Å². The van der Waals surface area contributed by atoms with Crippen LogP contribution in [0.15, 0.2) is 35.1 Å². The number of carbonyl (C=O) groups excluding carboxylic acids is 1. The summed E-state index contributed by atoms with van der Waals surface area (Å²) in [4.78, 5) is 13.7. The summed E-state index contributed by atoms with van der Waals surface area (Å²) in [5.74, 6) is 0.559. The number of hydrogen-bond donors (Lipinski definition) is 0. The van der Waals surface area contributed by atoms with E-state index in [9.17, 15) is 4.79 Å².